The van der Waals surface area contributed by atoms with E-state index in [-0.39, 0.29) is 11.9 Å². The van der Waals surface area contributed by atoms with E-state index >= 15 is 0 Å². The lowest BCUT2D eigenvalue weighted by atomic mass is 10.5. The van der Waals surface area contributed by atoms with Crippen LogP contribution in [0.25, 0.3) is 0 Å². The topological polar surface area (TPSA) is 66.4 Å². The smallest absolute Gasteiger partial charge is 0.214 e. The molecule has 0 radical (unpaired) electrons. The number of aliphatic hydroxyl groups excluding tert-OH is 1. The highest BCUT2D eigenvalue weighted by atomic mass is 32.2. The van der Waals surface area contributed by atoms with Gasteiger partial charge in [-0.3, -0.25) is 0 Å². The van der Waals surface area contributed by atoms with E-state index in [9.17, 15) is 8.42 Å². The molecular weight excluding hydrogens is 222 g/mol. The molecule has 1 saturated carbocycles. The Hall–Kier alpha value is 0.220. The fourth-order valence-corrected chi connectivity index (χ4v) is 3.31. The van der Waals surface area contributed by atoms with E-state index in [1.165, 1.54) is 0 Å². The van der Waals surface area contributed by atoms with Crippen LogP contribution in [0.15, 0.2) is 0 Å². The maximum atomic E-state index is 11.3. The van der Waals surface area contributed by atoms with Crippen molar-refractivity contribution in [1.29, 1.82) is 0 Å². The van der Waals surface area contributed by atoms with Crippen LogP contribution in [0.2, 0.25) is 0 Å². The molecule has 0 spiro atoms. The van der Waals surface area contributed by atoms with Crippen LogP contribution in [0.1, 0.15) is 19.3 Å². The monoisotopic (exact) mass is 239 g/mol. The van der Waals surface area contributed by atoms with E-state index in [0.717, 1.165) is 30.8 Å². The lowest BCUT2D eigenvalue weighted by molar-refractivity contribution is 0.296. The van der Waals surface area contributed by atoms with Gasteiger partial charge in [-0.2, -0.15) is 11.8 Å². The normalized spacial score (nSPS) is 17.2. The standard InChI is InChI=1S/C8H17NO3S2/c10-5-1-6-13-7-4-9-14(11,12)8-2-3-8/h8-10H,1-7H2. The zero-order valence-electron chi connectivity index (χ0n) is 8.11. The minimum Gasteiger partial charge on any atom is -0.396 e. The maximum Gasteiger partial charge on any atom is 0.214 e. The number of aliphatic hydroxyl groups is 1. The first-order valence-electron chi connectivity index (χ1n) is 4.84. The molecule has 0 unspecified atom stereocenters. The van der Waals surface area contributed by atoms with Crippen LogP contribution >= 0.6 is 11.8 Å². The summed E-state index contributed by atoms with van der Waals surface area (Å²) in [4.78, 5) is 0. The Morgan fingerprint density at radius 1 is 1.36 bits per heavy atom. The Kier molecular flexibility index (Phi) is 5.22. The summed E-state index contributed by atoms with van der Waals surface area (Å²) in [5, 5.41) is 8.39. The van der Waals surface area contributed by atoms with Gasteiger partial charge in [-0.05, 0) is 25.0 Å². The van der Waals surface area contributed by atoms with E-state index in [2.05, 4.69) is 4.72 Å². The molecule has 0 heterocycles. The highest BCUT2D eigenvalue weighted by Gasteiger charge is 2.34. The molecule has 1 aliphatic rings. The van der Waals surface area contributed by atoms with Crippen molar-refractivity contribution in [1.82, 2.24) is 4.72 Å². The first-order valence-corrected chi connectivity index (χ1v) is 7.54. The summed E-state index contributed by atoms with van der Waals surface area (Å²) in [6.07, 6.45) is 2.40. The SMILES string of the molecule is O=S(=O)(NCCSCCCO)C1CC1. The zero-order chi connectivity index (χ0) is 10.4. The lowest BCUT2D eigenvalue weighted by Crippen LogP contribution is -2.29. The number of rotatable bonds is 8. The fourth-order valence-electron chi connectivity index (χ4n) is 1.02. The van der Waals surface area contributed by atoms with E-state index in [1.54, 1.807) is 11.8 Å². The van der Waals surface area contributed by atoms with Crippen molar-refractivity contribution in [2.75, 3.05) is 24.7 Å². The third kappa shape index (κ3) is 4.63. The Morgan fingerprint density at radius 2 is 2.07 bits per heavy atom. The van der Waals surface area contributed by atoms with Gasteiger partial charge >= 0.3 is 0 Å². The Bertz CT molecular complexity index is 249. The quantitative estimate of drug-likeness (QED) is 0.593. The van der Waals surface area contributed by atoms with Crippen LogP contribution in [-0.2, 0) is 10.0 Å². The lowest BCUT2D eigenvalue weighted by Gasteiger charge is -2.04. The van der Waals surface area contributed by atoms with E-state index < -0.39 is 10.0 Å². The number of thioether (sulfide) groups is 1. The zero-order valence-corrected chi connectivity index (χ0v) is 9.74. The molecule has 1 fully saturated rings. The van der Waals surface area contributed by atoms with Gasteiger partial charge in [0.1, 0.15) is 0 Å². The molecule has 14 heavy (non-hydrogen) atoms. The predicted molar refractivity (Wildman–Crippen MR) is 59.0 cm³/mol. The molecule has 6 heteroatoms. The number of hydrogen-bond donors (Lipinski definition) is 2. The van der Waals surface area contributed by atoms with Crippen molar-refractivity contribution >= 4 is 21.8 Å². The molecular formula is C8H17NO3S2. The predicted octanol–water partition coefficient (Wildman–Crippen LogP) is 0.184. The molecule has 0 aliphatic heterocycles. The molecule has 1 rings (SSSR count). The first-order chi connectivity index (χ1) is 6.67. The van der Waals surface area contributed by atoms with Crippen molar-refractivity contribution < 1.29 is 13.5 Å². The maximum absolute atomic E-state index is 11.3. The summed E-state index contributed by atoms with van der Waals surface area (Å²) in [7, 11) is -2.99. The van der Waals surface area contributed by atoms with Crippen LogP contribution in [-0.4, -0.2) is 43.4 Å². The van der Waals surface area contributed by atoms with Gasteiger partial charge in [0.05, 0.1) is 5.25 Å². The van der Waals surface area contributed by atoms with Crippen molar-refractivity contribution in [2.24, 2.45) is 0 Å². The van der Waals surface area contributed by atoms with Gasteiger partial charge in [-0.1, -0.05) is 0 Å². The largest absolute Gasteiger partial charge is 0.396 e. The first kappa shape index (κ1) is 12.3. The van der Waals surface area contributed by atoms with Crippen molar-refractivity contribution in [2.45, 2.75) is 24.5 Å². The van der Waals surface area contributed by atoms with Gasteiger partial charge < -0.3 is 5.11 Å². The van der Waals surface area contributed by atoms with Gasteiger partial charge in [0, 0.05) is 18.9 Å². The molecule has 0 bridgehead atoms. The summed E-state index contributed by atoms with van der Waals surface area (Å²) in [6.45, 7) is 0.718. The molecule has 0 amide bonds. The van der Waals surface area contributed by atoms with Gasteiger partial charge in [0.25, 0.3) is 0 Å². The van der Waals surface area contributed by atoms with Crippen molar-refractivity contribution in [3.8, 4) is 0 Å². The Morgan fingerprint density at radius 3 is 2.64 bits per heavy atom. The van der Waals surface area contributed by atoms with Crippen LogP contribution in [0, 0.1) is 0 Å². The minimum absolute atomic E-state index is 0.120. The second-order valence-electron chi connectivity index (χ2n) is 3.33. The molecule has 84 valence electrons. The van der Waals surface area contributed by atoms with E-state index in [0.29, 0.717) is 6.54 Å². The van der Waals surface area contributed by atoms with Gasteiger partial charge in [0.2, 0.25) is 10.0 Å². The molecule has 0 aromatic carbocycles. The number of sulfonamides is 1. The summed E-state index contributed by atoms with van der Waals surface area (Å²) >= 11 is 1.66. The van der Waals surface area contributed by atoms with Crippen LogP contribution in [0.3, 0.4) is 0 Å². The molecule has 1 aliphatic carbocycles. The molecule has 0 atom stereocenters. The average molecular weight is 239 g/mol. The summed E-state index contributed by atoms with van der Waals surface area (Å²) in [5.41, 5.74) is 0. The summed E-state index contributed by atoms with van der Waals surface area (Å²) in [5.74, 6) is 1.67. The fraction of sp³-hybridized carbons (Fsp3) is 1.00. The second kappa shape index (κ2) is 5.95. The molecule has 2 N–H and O–H groups in total. The minimum atomic E-state index is -2.99. The average Bonchev–Trinajstić information content (AvgIpc) is 2.94. The molecule has 4 nitrogen and oxygen atoms in total. The highest BCUT2D eigenvalue weighted by molar-refractivity contribution is 7.99. The van der Waals surface area contributed by atoms with Gasteiger partial charge in [-0.15, -0.1) is 0 Å². The van der Waals surface area contributed by atoms with Gasteiger partial charge in [0.15, 0.2) is 0 Å². The highest BCUT2D eigenvalue weighted by Crippen LogP contribution is 2.27. The van der Waals surface area contributed by atoms with E-state index in [4.69, 9.17) is 5.11 Å². The van der Waals surface area contributed by atoms with Crippen molar-refractivity contribution in [3.05, 3.63) is 0 Å². The number of hydrogen-bond acceptors (Lipinski definition) is 4. The Labute approximate surface area is 89.5 Å². The van der Waals surface area contributed by atoms with Crippen LogP contribution in [0.5, 0.6) is 0 Å². The van der Waals surface area contributed by atoms with Crippen LogP contribution < -0.4 is 4.72 Å². The number of nitrogens with one attached hydrogen (secondary N) is 1. The van der Waals surface area contributed by atoms with E-state index in [1.807, 2.05) is 0 Å². The van der Waals surface area contributed by atoms with Crippen molar-refractivity contribution in [3.63, 3.8) is 0 Å². The third-order valence-electron chi connectivity index (χ3n) is 1.96. The Balaban J connectivity index is 1.98. The molecule has 0 aromatic heterocycles. The summed E-state index contributed by atoms with van der Waals surface area (Å²) < 4.78 is 25.2. The summed E-state index contributed by atoms with van der Waals surface area (Å²) in [6, 6.07) is 0. The molecule has 0 aromatic rings. The molecule has 0 saturated heterocycles. The second-order valence-corrected chi connectivity index (χ2v) is 6.60. The van der Waals surface area contributed by atoms with Gasteiger partial charge in [-0.25, -0.2) is 13.1 Å². The van der Waals surface area contributed by atoms with Crippen LogP contribution in [0.4, 0.5) is 0 Å². The third-order valence-corrected chi connectivity index (χ3v) is 4.99.